The average Bonchev–Trinajstić information content (AvgIpc) is 2.93. The van der Waals surface area contributed by atoms with Gasteiger partial charge in [0.05, 0.1) is 6.61 Å². The number of nitrogens with one attached hydrogen (secondary N) is 1. The van der Waals surface area contributed by atoms with Gasteiger partial charge in [-0.3, -0.25) is 5.10 Å². The summed E-state index contributed by atoms with van der Waals surface area (Å²) in [6.07, 6.45) is 4.65. The maximum absolute atomic E-state index is 5.84. The van der Waals surface area contributed by atoms with Crippen LogP contribution in [-0.2, 0) is 18.4 Å². The molecule has 1 N–H and O–H groups in total. The van der Waals surface area contributed by atoms with Crippen molar-refractivity contribution in [1.29, 1.82) is 0 Å². The summed E-state index contributed by atoms with van der Waals surface area (Å²) in [6.45, 7) is 11.8. The van der Waals surface area contributed by atoms with Gasteiger partial charge in [-0.25, -0.2) is 0 Å². The molecule has 2 aromatic rings. The second-order valence-electron chi connectivity index (χ2n) is 6.56. The smallest absolute Gasteiger partial charge is 0.195 e. The van der Waals surface area contributed by atoms with E-state index in [1.54, 1.807) is 0 Å². The Morgan fingerprint density at radius 1 is 1.33 bits per heavy atom. The van der Waals surface area contributed by atoms with Gasteiger partial charge in [0.25, 0.3) is 0 Å². The first kappa shape index (κ1) is 18.5. The molecule has 0 spiro atoms. The fraction of sp³-hybridized carbons (Fsp3) is 0.474. The van der Waals surface area contributed by atoms with E-state index in [4.69, 9.17) is 17.0 Å². The van der Waals surface area contributed by atoms with Gasteiger partial charge in [0, 0.05) is 13.0 Å². The highest BCUT2D eigenvalue weighted by atomic mass is 32.1. The normalized spacial score (nSPS) is 11.5. The lowest BCUT2D eigenvalue weighted by Gasteiger charge is -2.23. The molecule has 0 fully saturated rings. The summed E-state index contributed by atoms with van der Waals surface area (Å²) in [5.74, 6) is 1.86. The van der Waals surface area contributed by atoms with E-state index in [2.05, 4.69) is 61.8 Å². The number of ether oxygens (including phenoxy) is 1. The van der Waals surface area contributed by atoms with Gasteiger partial charge in [-0.2, -0.15) is 5.10 Å². The lowest BCUT2D eigenvalue weighted by Crippen LogP contribution is -2.15. The molecule has 0 saturated heterocycles. The van der Waals surface area contributed by atoms with E-state index < -0.39 is 0 Å². The molecule has 0 radical (unpaired) electrons. The Kier molecular flexibility index (Phi) is 6.37. The highest BCUT2D eigenvalue weighted by Crippen LogP contribution is 2.28. The number of aromatic amines is 1. The molecule has 0 saturated carbocycles. The van der Waals surface area contributed by atoms with E-state index in [0.717, 1.165) is 30.8 Å². The van der Waals surface area contributed by atoms with Crippen LogP contribution in [0.1, 0.15) is 45.0 Å². The summed E-state index contributed by atoms with van der Waals surface area (Å²) in [5, 5.41) is 7.10. The van der Waals surface area contributed by atoms with Crippen molar-refractivity contribution in [1.82, 2.24) is 14.8 Å². The van der Waals surface area contributed by atoms with Crippen molar-refractivity contribution < 1.29 is 4.74 Å². The third-order valence-corrected chi connectivity index (χ3v) is 4.79. The maximum Gasteiger partial charge on any atom is 0.195 e. The Morgan fingerprint density at radius 3 is 2.67 bits per heavy atom. The maximum atomic E-state index is 5.84. The third kappa shape index (κ3) is 4.57. The molecule has 4 nitrogen and oxygen atoms in total. The monoisotopic (exact) mass is 345 g/mol. The zero-order valence-electron chi connectivity index (χ0n) is 14.8. The van der Waals surface area contributed by atoms with Crippen LogP contribution < -0.4 is 4.74 Å². The average molecular weight is 346 g/mol. The second kappa shape index (κ2) is 8.29. The fourth-order valence-electron chi connectivity index (χ4n) is 2.49. The van der Waals surface area contributed by atoms with E-state index in [-0.39, 0.29) is 5.41 Å². The minimum atomic E-state index is 0.208. The van der Waals surface area contributed by atoms with Gasteiger partial charge < -0.3 is 9.30 Å². The topological polar surface area (TPSA) is 42.8 Å². The highest BCUT2D eigenvalue weighted by molar-refractivity contribution is 7.71. The number of benzene rings is 1. The molecular formula is C19H27N3OS. The van der Waals surface area contributed by atoms with E-state index >= 15 is 0 Å². The van der Waals surface area contributed by atoms with Gasteiger partial charge in [0.1, 0.15) is 11.6 Å². The summed E-state index contributed by atoms with van der Waals surface area (Å²) < 4.78 is 8.44. The lowest BCUT2D eigenvalue weighted by molar-refractivity contribution is 0.309. The van der Waals surface area contributed by atoms with Gasteiger partial charge in [0.2, 0.25) is 0 Å². The van der Waals surface area contributed by atoms with Crippen LogP contribution in [0.25, 0.3) is 0 Å². The van der Waals surface area contributed by atoms with Crippen LogP contribution >= 0.6 is 12.2 Å². The Hall–Kier alpha value is -1.88. The minimum Gasteiger partial charge on any atom is -0.494 e. The predicted octanol–water partition coefficient (Wildman–Crippen LogP) is 4.83. The number of hydrogen-bond donors (Lipinski definition) is 1. The van der Waals surface area contributed by atoms with Crippen LogP contribution in [0.4, 0.5) is 0 Å². The van der Waals surface area contributed by atoms with Gasteiger partial charge in [0.15, 0.2) is 4.77 Å². The zero-order chi connectivity index (χ0) is 17.6. The van der Waals surface area contributed by atoms with Crippen molar-refractivity contribution in [2.75, 3.05) is 6.61 Å². The Bertz CT molecular complexity index is 713. The summed E-state index contributed by atoms with van der Waals surface area (Å²) in [4.78, 5) is 0. The van der Waals surface area contributed by atoms with Crippen LogP contribution in [0.3, 0.4) is 0 Å². The number of allylic oxidation sites excluding steroid dienone is 1. The first-order chi connectivity index (χ1) is 11.5. The van der Waals surface area contributed by atoms with Gasteiger partial charge in [-0.15, -0.1) is 6.58 Å². The highest BCUT2D eigenvalue weighted by Gasteiger charge is 2.17. The Labute approximate surface area is 149 Å². The minimum absolute atomic E-state index is 0.208. The van der Waals surface area contributed by atoms with E-state index in [1.165, 1.54) is 5.56 Å². The summed E-state index contributed by atoms with van der Waals surface area (Å²) in [7, 11) is 0. The molecule has 0 unspecified atom stereocenters. The molecule has 24 heavy (non-hydrogen) atoms. The standard InChI is InChI=1S/C19H27N3OS/c1-5-13-22-17(20-21-18(22)24)8-7-14-23-16-11-9-15(10-12-16)19(3,4)6-2/h5,9-12H,1,6-8,13-14H2,2-4H3,(H,21,24). The molecule has 130 valence electrons. The van der Waals surface area contributed by atoms with Crippen molar-refractivity contribution in [3.8, 4) is 5.75 Å². The third-order valence-electron chi connectivity index (χ3n) is 4.48. The van der Waals surface area contributed by atoms with Crippen LogP contribution in [0.15, 0.2) is 36.9 Å². The van der Waals surface area contributed by atoms with Gasteiger partial charge in [-0.1, -0.05) is 39.0 Å². The van der Waals surface area contributed by atoms with E-state index in [9.17, 15) is 0 Å². The van der Waals surface area contributed by atoms with Crippen LogP contribution in [0.2, 0.25) is 0 Å². The first-order valence-electron chi connectivity index (χ1n) is 8.46. The molecule has 0 amide bonds. The number of nitrogens with zero attached hydrogens (tertiary/aromatic N) is 2. The van der Waals surface area contributed by atoms with Crippen molar-refractivity contribution >= 4 is 12.2 Å². The first-order valence-corrected chi connectivity index (χ1v) is 8.87. The molecule has 2 rings (SSSR count). The molecule has 5 heteroatoms. The van der Waals surface area contributed by atoms with E-state index in [1.807, 2.05) is 10.6 Å². The molecule has 1 aromatic carbocycles. The van der Waals surface area contributed by atoms with Crippen molar-refractivity contribution in [2.24, 2.45) is 0 Å². The molecule has 1 heterocycles. The molecule has 0 bridgehead atoms. The van der Waals surface area contributed by atoms with Crippen molar-refractivity contribution in [3.63, 3.8) is 0 Å². The number of rotatable bonds is 9. The summed E-state index contributed by atoms with van der Waals surface area (Å²) >= 11 is 5.21. The molecule has 0 atom stereocenters. The van der Waals surface area contributed by atoms with Gasteiger partial charge >= 0.3 is 0 Å². The van der Waals surface area contributed by atoms with Crippen LogP contribution in [0, 0.1) is 4.77 Å². The molecule has 1 aromatic heterocycles. The van der Waals surface area contributed by atoms with Gasteiger partial charge in [-0.05, 0) is 48.2 Å². The molecule has 0 aliphatic carbocycles. The largest absolute Gasteiger partial charge is 0.494 e. The number of aryl methyl sites for hydroxylation is 1. The number of aromatic nitrogens is 3. The lowest BCUT2D eigenvalue weighted by atomic mass is 9.82. The SMILES string of the molecule is C=CCn1c(CCCOc2ccc(C(C)(C)CC)cc2)n[nH]c1=S. The predicted molar refractivity (Wildman–Crippen MR) is 101 cm³/mol. The Balaban J connectivity index is 1.85. The molecular weight excluding hydrogens is 318 g/mol. The van der Waals surface area contributed by atoms with E-state index in [0.29, 0.717) is 17.9 Å². The van der Waals surface area contributed by atoms with Crippen molar-refractivity contribution in [2.45, 2.75) is 52.0 Å². The fourth-order valence-corrected chi connectivity index (χ4v) is 2.71. The number of hydrogen-bond acceptors (Lipinski definition) is 3. The van der Waals surface area contributed by atoms with Crippen LogP contribution in [0.5, 0.6) is 5.75 Å². The second-order valence-corrected chi connectivity index (χ2v) is 6.94. The number of H-pyrrole nitrogens is 1. The van der Waals surface area contributed by atoms with Crippen molar-refractivity contribution in [3.05, 3.63) is 53.1 Å². The quantitative estimate of drug-likeness (QED) is 0.402. The summed E-state index contributed by atoms with van der Waals surface area (Å²) in [6, 6.07) is 8.43. The molecule has 0 aliphatic heterocycles. The molecule has 0 aliphatic rings. The Morgan fingerprint density at radius 2 is 2.04 bits per heavy atom. The van der Waals surface area contributed by atoms with Crippen LogP contribution in [-0.4, -0.2) is 21.4 Å². The summed E-state index contributed by atoms with van der Waals surface area (Å²) in [5.41, 5.74) is 1.55. The zero-order valence-corrected chi connectivity index (χ0v) is 15.7.